The van der Waals surface area contributed by atoms with Gasteiger partial charge in [-0.1, -0.05) is 48.5 Å². The van der Waals surface area contributed by atoms with Gasteiger partial charge in [0.15, 0.2) is 0 Å². The third-order valence-corrected chi connectivity index (χ3v) is 7.12. The summed E-state index contributed by atoms with van der Waals surface area (Å²) in [6, 6.07) is 15.4. The summed E-state index contributed by atoms with van der Waals surface area (Å²) in [4.78, 5) is 37.8. The number of nitrogens with zero attached hydrogens (tertiary/aromatic N) is 1. The first-order valence-corrected chi connectivity index (χ1v) is 12.5. The first-order chi connectivity index (χ1) is 16.5. The van der Waals surface area contributed by atoms with Gasteiger partial charge in [-0.3, -0.25) is 4.79 Å². The Bertz CT molecular complexity index is 1020. The maximum atomic E-state index is 12.6. The van der Waals surface area contributed by atoms with E-state index in [0.29, 0.717) is 18.2 Å². The lowest BCUT2D eigenvalue weighted by atomic mass is 9.98. The zero-order valence-corrected chi connectivity index (χ0v) is 19.8. The van der Waals surface area contributed by atoms with Crippen molar-refractivity contribution in [2.45, 2.75) is 31.4 Å². The molecular weight excluding hydrogens is 456 g/mol. The van der Waals surface area contributed by atoms with Gasteiger partial charge in [-0.25, -0.2) is 9.59 Å². The minimum Gasteiger partial charge on any atom is -0.480 e. The lowest BCUT2D eigenvalue weighted by molar-refractivity contribution is -0.148. The number of carbonyl (C=O) groups excluding carboxylic acids is 2. The van der Waals surface area contributed by atoms with E-state index in [0.717, 1.165) is 22.3 Å². The number of fused-ring (bicyclic) bond motifs is 3. The van der Waals surface area contributed by atoms with Crippen LogP contribution in [-0.4, -0.2) is 71.5 Å². The molecule has 2 aromatic carbocycles. The van der Waals surface area contributed by atoms with Crippen molar-refractivity contribution in [3.63, 3.8) is 0 Å². The summed E-state index contributed by atoms with van der Waals surface area (Å²) in [5.41, 5.74) is 4.57. The van der Waals surface area contributed by atoms with E-state index < -0.39 is 24.2 Å². The molecule has 1 aliphatic heterocycles. The zero-order valence-electron chi connectivity index (χ0n) is 18.9. The van der Waals surface area contributed by atoms with Gasteiger partial charge in [-0.15, -0.1) is 11.8 Å². The van der Waals surface area contributed by atoms with Crippen LogP contribution in [0.1, 0.15) is 30.4 Å². The van der Waals surface area contributed by atoms with Gasteiger partial charge < -0.3 is 24.8 Å². The second-order valence-corrected chi connectivity index (χ2v) is 9.21. The van der Waals surface area contributed by atoms with Gasteiger partial charge in [0.1, 0.15) is 12.6 Å². The predicted octanol–water partition coefficient (Wildman–Crippen LogP) is 3.31. The Morgan fingerprint density at radius 2 is 1.76 bits per heavy atom. The summed E-state index contributed by atoms with van der Waals surface area (Å²) in [6.07, 6.45) is -1.17. The number of rotatable bonds is 9. The Morgan fingerprint density at radius 1 is 1.12 bits per heavy atom. The number of benzene rings is 2. The van der Waals surface area contributed by atoms with E-state index in [9.17, 15) is 19.5 Å². The Labute approximate surface area is 202 Å². The van der Waals surface area contributed by atoms with Crippen LogP contribution in [0.4, 0.5) is 4.79 Å². The summed E-state index contributed by atoms with van der Waals surface area (Å²) in [5.74, 6) is -0.636. The highest BCUT2D eigenvalue weighted by molar-refractivity contribution is 7.99. The third kappa shape index (κ3) is 5.20. The molecule has 0 aromatic heterocycles. The Balaban J connectivity index is 1.31. The molecule has 180 valence electrons. The number of aliphatic carboxylic acids is 1. The van der Waals surface area contributed by atoms with Crippen molar-refractivity contribution in [3.05, 3.63) is 59.7 Å². The first-order valence-electron chi connectivity index (χ1n) is 11.3. The van der Waals surface area contributed by atoms with Crippen LogP contribution in [0.15, 0.2) is 48.5 Å². The van der Waals surface area contributed by atoms with Gasteiger partial charge in [0, 0.05) is 24.8 Å². The molecule has 2 aliphatic rings. The summed E-state index contributed by atoms with van der Waals surface area (Å²) < 4.78 is 11.2. The Morgan fingerprint density at radius 3 is 2.38 bits per heavy atom. The number of thioether (sulfide) groups is 1. The van der Waals surface area contributed by atoms with E-state index in [1.165, 1.54) is 16.7 Å². The molecule has 0 bridgehead atoms. The number of hydrogen-bond donors (Lipinski definition) is 2. The van der Waals surface area contributed by atoms with Crippen molar-refractivity contribution in [1.29, 1.82) is 0 Å². The van der Waals surface area contributed by atoms with Crippen molar-refractivity contribution in [2.75, 3.05) is 31.4 Å². The average Bonchev–Trinajstić information content (AvgIpc) is 3.45. The van der Waals surface area contributed by atoms with Crippen LogP contribution in [0.2, 0.25) is 0 Å². The van der Waals surface area contributed by atoms with E-state index in [-0.39, 0.29) is 31.4 Å². The number of ether oxygens (including phenoxy) is 2. The van der Waals surface area contributed by atoms with Gasteiger partial charge in [-0.2, -0.15) is 0 Å². The van der Waals surface area contributed by atoms with Crippen molar-refractivity contribution >= 4 is 29.7 Å². The molecule has 2 atom stereocenters. The topological polar surface area (TPSA) is 105 Å². The second kappa shape index (κ2) is 10.9. The lowest BCUT2D eigenvalue weighted by Gasteiger charge is -2.24. The molecule has 1 saturated heterocycles. The molecule has 0 saturated carbocycles. The van der Waals surface area contributed by atoms with E-state index >= 15 is 0 Å². The molecule has 34 heavy (non-hydrogen) atoms. The summed E-state index contributed by atoms with van der Waals surface area (Å²) in [5, 5.41) is 12.0. The first kappa shape index (κ1) is 24.1. The molecular formula is C25H28N2O6S. The Hall–Kier alpha value is -3.04. The maximum Gasteiger partial charge on any atom is 0.407 e. The number of carboxylic acids is 1. The molecule has 1 heterocycles. The standard InChI is InChI=1S/C25H28N2O6S/c1-2-32-16(11-23(28)27-15-34-14-22(27)24(29)30)12-26-25(31)33-13-21-19-9-5-3-7-17(19)18-8-4-6-10-20(18)21/h3-10,16,21-22H,2,11-15H2,1H3,(H,26,31)(H,29,30)/t16?,22-/m0/s1. The fraction of sp³-hybridized carbons (Fsp3) is 0.400. The number of amides is 2. The zero-order chi connectivity index (χ0) is 24.1. The molecule has 1 unspecified atom stereocenters. The lowest BCUT2D eigenvalue weighted by Crippen LogP contribution is -2.44. The van der Waals surface area contributed by atoms with Crippen LogP contribution in [0.5, 0.6) is 0 Å². The normalized spacial score (nSPS) is 17.7. The molecule has 8 nitrogen and oxygen atoms in total. The van der Waals surface area contributed by atoms with E-state index in [4.69, 9.17) is 9.47 Å². The molecule has 2 amide bonds. The van der Waals surface area contributed by atoms with Crippen LogP contribution >= 0.6 is 11.8 Å². The van der Waals surface area contributed by atoms with Crippen LogP contribution < -0.4 is 5.32 Å². The number of hydrogen-bond acceptors (Lipinski definition) is 6. The highest BCUT2D eigenvalue weighted by Gasteiger charge is 2.35. The highest BCUT2D eigenvalue weighted by atomic mass is 32.2. The van der Waals surface area contributed by atoms with Crippen LogP contribution in [0.3, 0.4) is 0 Å². The summed E-state index contributed by atoms with van der Waals surface area (Å²) >= 11 is 1.41. The maximum absolute atomic E-state index is 12.6. The number of nitrogens with one attached hydrogen (secondary N) is 1. The van der Waals surface area contributed by atoms with Crippen LogP contribution in [0, 0.1) is 0 Å². The fourth-order valence-corrected chi connectivity index (χ4v) is 5.65. The number of carbonyl (C=O) groups is 3. The van der Waals surface area contributed by atoms with Gasteiger partial charge >= 0.3 is 12.1 Å². The monoisotopic (exact) mass is 484 g/mol. The van der Waals surface area contributed by atoms with E-state index in [1.807, 2.05) is 24.3 Å². The molecule has 0 spiro atoms. The third-order valence-electron chi connectivity index (χ3n) is 6.11. The van der Waals surface area contributed by atoms with Crippen LogP contribution in [-0.2, 0) is 19.1 Å². The largest absolute Gasteiger partial charge is 0.480 e. The van der Waals surface area contributed by atoms with Gasteiger partial charge in [0.25, 0.3) is 0 Å². The fourth-order valence-electron chi connectivity index (χ4n) is 4.48. The second-order valence-electron chi connectivity index (χ2n) is 8.21. The summed E-state index contributed by atoms with van der Waals surface area (Å²) in [7, 11) is 0. The molecule has 4 rings (SSSR count). The molecule has 2 N–H and O–H groups in total. The van der Waals surface area contributed by atoms with Crippen LogP contribution in [0.25, 0.3) is 11.1 Å². The SMILES string of the molecule is CCOC(CNC(=O)OCC1c2ccccc2-c2ccccc21)CC(=O)N1CSC[C@H]1C(=O)O. The number of alkyl carbamates (subject to hydrolysis) is 1. The van der Waals surface area contributed by atoms with Gasteiger partial charge in [0.2, 0.25) is 5.91 Å². The molecule has 9 heteroatoms. The van der Waals surface area contributed by atoms with Crippen molar-refractivity contribution in [2.24, 2.45) is 0 Å². The average molecular weight is 485 g/mol. The molecule has 1 aliphatic carbocycles. The predicted molar refractivity (Wildman–Crippen MR) is 129 cm³/mol. The highest BCUT2D eigenvalue weighted by Crippen LogP contribution is 2.44. The quantitative estimate of drug-likeness (QED) is 0.563. The smallest absolute Gasteiger partial charge is 0.407 e. The van der Waals surface area contributed by atoms with Crippen molar-refractivity contribution in [3.8, 4) is 11.1 Å². The minimum absolute atomic E-state index is 0.0121. The molecule has 1 fully saturated rings. The van der Waals surface area contributed by atoms with Crippen molar-refractivity contribution in [1.82, 2.24) is 10.2 Å². The van der Waals surface area contributed by atoms with Crippen molar-refractivity contribution < 1.29 is 29.0 Å². The molecule has 0 radical (unpaired) electrons. The Kier molecular flexibility index (Phi) is 7.74. The molecule has 2 aromatic rings. The van der Waals surface area contributed by atoms with Gasteiger partial charge in [-0.05, 0) is 29.2 Å². The van der Waals surface area contributed by atoms with E-state index in [1.54, 1.807) is 6.92 Å². The van der Waals surface area contributed by atoms with Gasteiger partial charge in [0.05, 0.1) is 18.4 Å². The summed E-state index contributed by atoms with van der Waals surface area (Å²) in [6.45, 7) is 2.45. The van der Waals surface area contributed by atoms with E-state index in [2.05, 4.69) is 29.6 Å². The number of carboxylic acid groups (broad SMARTS) is 1. The minimum atomic E-state index is -1.01.